The fraction of sp³-hybridized carbons (Fsp3) is 1.00. The van der Waals surface area contributed by atoms with Crippen molar-refractivity contribution in [2.24, 2.45) is 5.92 Å². The first kappa shape index (κ1) is 12.0. The molecule has 0 amide bonds. The van der Waals surface area contributed by atoms with Crippen molar-refractivity contribution in [1.29, 1.82) is 0 Å². The van der Waals surface area contributed by atoms with Crippen LogP contribution in [0, 0.1) is 5.92 Å². The van der Waals surface area contributed by atoms with Crippen molar-refractivity contribution < 1.29 is 9.47 Å². The fourth-order valence-electron chi connectivity index (χ4n) is 2.48. The first-order valence-electron chi connectivity index (χ1n) is 5.56. The van der Waals surface area contributed by atoms with Gasteiger partial charge in [-0.05, 0) is 25.8 Å². The van der Waals surface area contributed by atoms with E-state index >= 15 is 0 Å². The Morgan fingerprint density at radius 1 is 1.07 bits per heavy atom. The Hall–Kier alpha value is -0.120. The van der Waals surface area contributed by atoms with Gasteiger partial charge in [0.2, 0.25) is 0 Å². The van der Waals surface area contributed by atoms with E-state index in [1.165, 1.54) is 32.1 Å². The molecular weight excluding hydrogens is 178 g/mol. The van der Waals surface area contributed by atoms with E-state index < -0.39 is 0 Å². The maximum atomic E-state index is 5.32. The van der Waals surface area contributed by atoms with E-state index in [4.69, 9.17) is 9.47 Å². The standard InChI is InChI=1S/C11H23NO2/c1-12-10(11(13-2)14-3)9-7-5-4-6-8-9/h9-12H,4-8H2,1-3H3. The van der Waals surface area contributed by atoms with Crippen LogP contribution < -0.4 is 5.32 Å². The molecule has 84 valence electrons. The van der Waals surface area contributed by atoms with Crippen molar-refractivity contribution in [3.8, 4) is 0 Å². The van der Waals surface area contributed by atoms with Crippen molar-refractivity contribution in [3.05, 3.63) is 0 Å². The van der Waals surface area contributed by atoms with Crippen LogP contribution in [-0.4, -0.2) is 33.6 Å². The van der Waals surface area contributed by atoms with Crippen LogP contribution in [0.3, 0.4) is 0 Å². The second kappa shape index (κ2) is 6.38. The molecule has 0 aromatic rings. The second-order valence-electron chi connectivity index (χ2n) is 4.05. The molecule has 1 atom stereocenters. The van der Waals surface area contributed by atoms with Gasteiger partial charge in [-0.1, -0.05) is 19.3 Å². The molecule has 1 unspecified atom stereocenters. The van der Waals surface area contributed by atoms with Gasteiger partial charge in [0, 0.05) is 14.2 Å². The largest absolute Gasteiger partial charge is 0.354 e. The molecular formula is C11H23NO2. The molecule has 0 aromatic carbocycles. The van der Waals surface area contributed by atoms with E-state index in [2.05, 4.69) is 5.32 Å². The zero-order valence-electron chi connectivity index (χ0n) is 9.58. The van der Waals surface area contributed by atoms with Gasteiger partial charge < -0.3 is 14.8 Å². The smallest absolute Gasteiger partial charge is 0.172 e. The lowest BCUT2D eigenvalue weighted by Gasteiger charge is -2.34. The highest BCUT2D eigenvalue weighted by atomic mass is 16.7. The summed E-state index contributed by atoms with van der Waals surface area (Å²) in [6.45, 7) is 0. The molecule has 0 heterocycles. The number of methoxy groups -OCH3 is 2. The summed E-state index contributed by atoms with van der Waals surface area (Å²) in [5.41, 5.74) is 0. The average molecular weight is 201 g/mol. The summed E-state index contributed by atoms with van der Waals surface area (Å²) in [6.07, 6.45) is 6.58. The van der Waals surface area contributed by atoms with E-state index in [1.54, 1.807) is 14.2 Å². The lowest BCUT2D eigenvalue weighted by atomic mass is 9.83. The zero-order valence-corrected chi connectivity index (χ0v) is 9.58. The molecule has 0 aliphatic heterocycles. The van der Waals surface area contributed by atoms with Crippen molar-refractivity contribution in [3.63, 3.8) is 0 Å². The topological polar surface area (TPSA) is 30.5 Å². The highest BCUT2D eigenvalue weighted by Gasteiger charge is 2.29. The Morgan fingerprint density at radius 2 is 1.64 bits per heavy atom. The minimum Gasteiger partial charge on any atom is -0.354 e. The van der Waals surface area contributed by atoms with Gasteiger partial charge in [0.15, 0.2) is 6.29 Å². The predicted octanol–water partition coefficient (Wildman–Crippen LogP) is 1.77. The number of ether oxygens (including phenoxy) is 2. The monoisotopic (exact) mass is 201 g/mol. The first-order valence-corrected chi connectivity index (χ1v) is 5.56. The Kier molecular flexibility index (Phi) is 5.45. The van der Waals surface area contributed by atoms with Gasteiger partial charge in [-0.3, -0.25) is 0 Å². The lowest BCUT2D eigenvalue weighted by molar-refractivity contribution is -0.134. The van der Waals surface area contributed by atoms with Crippen LogP contribution in [0.15, 0.2) is 0 Å². The summed E-state index contributed by atoms with van der Waals surface area (Å²) in [4.78, 5) is 0. The third-order valence-corrected chi connectivity index (χ3v) is 3.25. The maximum Gasteiger partial charge on any atom is 0.172 e. The maximum absolute atomic E-state index is 5.32. The first-order chi connectivity index (χ1) is 6.83. The normalized spacial score (nSPS) is 21.4. The molecule has 14 heavy (non-hydrogen) atoms. The van der Waals surface area contributed by atoms with Crippen LogP contribution in [0.1, 0.15) is 32.1 Å². The van der Waals surface area contributed by atoms with Crippen LogP contribution in [0.5, 0.6) is 0 Å². The summed E-state index contributed by atoms with van der Waals surface area (Å²) in [6, 6.07) is 0.338. The van der Waals surface area contributed by atoms with Gasteiger partial charge >= 0.3 is 0 Å². The number of rotatable bonds is 5. The predicted molar refractivity (Wildman–Crippen MR) is 57.2 cm³/mol. The summed E-state index contributed by atoms with van der Waals surface area (Å²) in [5.74, 6) is 0.707. The minimum atomic E-state index is -0.108. The Balaban J connectivity index is 2.49. The summed E-state index contributed by atoms with van der Waals surface area (Å²) in [7, 11) is 5.41. The lowest BCUT2D eigenvalue weighted by Crippen LogP contribution is -2.46. The van der Waals surface area contributed by atoms with Gasteiger partial charge in [0.05, 0.1) is 6.04 Å². The molecule has 0 aromatic heterocycles. The molecule has 3 heteroatoms. The molecule has 0 bridgehead atoms. The second-order valence-corrected chi connectivity index (χ2v) is 4.05. The minimum absolute atomic E-state index is 0.108. The van der Waals surface area contributed by atoms with Crippen molar-refractivity contribution >= 4 is 0 Å². The average Bonchev–Trinajstić information content (AvgIpc) is 2.27. The fourth-order valence-corrected chi connectivity index (χ4v) is 2.48. The molecule has 1 aliphatic carbocycles. The van der Waals surface area contributed by atoms with Crippen molar-refractivity contribution in [2.75, 3.05) is 21.3 Å². The van der Waals surface area contributed by atoms with E-state index in [0.717, 1.165) is 0 Å². The molecule has 0 radical (unpaired) electrons. The summed E-state index contributed by atoms with van der Waals surface area (Å²) < 4.78 is 10.6. The van der Waals surface area contributed by atoms with E-state index in [1.807, 2.05) is 7.05 Å². The SMILES string of the molecule is CNC(C1CCCCC1)C(OC)OC. The highest BCUT2D eigenvalue weighted by molar-refractivity contribution is 4.80. The van der Waals surface area contributed by atoms with Crippen LogP contribution in [0.25, 0.3) is 0 Å². The Labute approximate surface area is 87.2 Å². The van der Waals surface area contributed by atoms with Gasteiger partial charge in [0.1, 0.15) is 0 Å². The van der Waals surface area contributed by atoms with E-state index in [-0.39, 0.29) is 6.29 Å². The molecule has 1 saturated carbocycles. The van der Waals surface area contributed by atoms with E-state index in [0.29, 0.717) is 12.0 Å². The number of hydrogen-bond donors (Lipinski definition) is 1. The third kappa shape index (κ3) is 2.94. The van der Waals surface area contributed by atoms with Crippen LogP contribution in [-0.2, 0) is 9.47 Å². The van der Waals surface area contributed by atoms with E-state index in [9.17, 15) is 0 Å². The quantitative estimate of drug-likeness (QED) is 0.688. The zero-order chi connectivity index (χ0) is 10.4. The molecule has 1 fully saturated rings. The highest BCUT2D eigenvalue weighted by Crippen LogP contribution is 2.28. The molecule has 0 spiro atoms. The van der Waals surface area contributed by atoms with Gasteiger partial charge in [-0.25, -0.2) is 0 Å². The molecule has 1 rings (SSSR count). The van der Waals surface area contributed by atoms with Crippen LogP contribution in [0.4, 0.5) is 0 Å². The Bertz CT molecular complexity index is 142. The molecule has 0 saturated heterocycles. The summed E-state index contributed by atoms with van der Waals surface area (Å²) in [5, 5.41) is 3.32. The van der Waals surface area contributed by atoms with Gasteiger partial charge in [-0.2, -0.15) is 0 Å². The van der Waals surface area contributed by atoms with Crippen molar-refractivity contribution in [1.82, 2.24) is 5.32 Å². The molecule has 1 aliphatic rings. The number of nitrogens with one attached hydrogen (secondary N) is 1. The Morgan fingerprint density at radius 3 is 2.07 bits per heavy atom. The van der Waals surface area contributed by atoms with Crippen LogP contribution >= 0.6 is 0 Å². The van der Waals surface area contributed by atoms with Crippen LogP contribution in [0.2, 0.25) is 0 Å². The van der Waals surface area contributed by atoms with Gasteiger partial charge in [-0.15, -0.1) is 0 Å². The summed E-state index contributed by atoms with van der Waals surface area (Å²) >= 11 is 0. The van der Waals surface area contributed by atoms with Gasteiger partial charge in [0.25, 0.3) is 0 Å². The molecule has 3 nitrogen and oxygen atoms in total. The van der Waals surface area contributed by atoms with Crippen molar-refractivity contribution in [2.45, 2.75) is 44.4 Å². The molecule has 1 N–H and O–H groups in total. The third-order valence-electron chi connectivity index (χ3n) is 3.25. The number of hydrogen-bond acceptors (Lipinski definition) is 3. The number of likely N-dealkylation sites (N-methyl/N-ethyl adjacent to an activating group) is 1.